The van der Waals surface area contributed by atoms with Gasteiger partial charge in [0.25, 0.3) is 5.91 Å². The molecule has 0 atom stereocenters. The van der Waals surface area contributed by atoms with Crippen LogP contribution in [0.25, 0.3) is 11.3 Å². The summed E-state index contributed by atoms with van der Waals surface area (Å²) in [7, 11) is -3.75. The first-order valence-electron chi connectivity index (χ1n) is 9.93. The summed E-state index contributed by atoms with van der Waals surface area (Å²) in [4.78, 5) is 17.2. The molecule has 0 aliphatic carbocycles. The Balaban J connectivity index is 1.39. The van der Waals surface area contributed by atoms with Crippen LogP contribution in [0.3, 0.4) is 0 Å². The summed E-state index contributed by atoms with van der Waals surface area (Å²) in [5.74, 6) is -0.360. The second kappa shape index (κ2) is 9.86. The van der Waals surface area contributed by atoms with Crippen LogP contribution in [0.4, 0.5) is 0 Å². The number of carbonyl (C=O) groups is 1. The van der Waals surface area contributed by atoms with E-state index in [4.69, 9.17) is 0 Å². The molecule has 0 bridgehead atoms. The largest absolute Gasteiger partial charge is 0.346 e. The number of nitrogens with one attached hydrogen (secondary N) is 2. The Morgan fingerprint density at radius 2 is 1.59 bits per heavy atom. The average molecular weight is 464 g/mol. The number of hydrogen-bond donors (Lipinski definition) is 2. The third-order valence-corrected chi connectivity index (χ3v) is 6.98. The second-order valence-corrected chi connectivity index (χ2v) is 9.72. The normalized spacial score (nSPS) is 11.2. The van der Waals surface area contributed by atoms with Crippen LogP contribution in [0.2, 0.25) is 0 Å². The number of sulfonamides is 1. The van der Waals surface area contributed by atoms with E-state index in [1.54, 1.807) is 12.1 Å². The molecule has 0 aliphatic rings. The van der Waals surface area contributed by atoms with E-state index in [2.05, 4.69) is 15.0 Å². The Hall–Kier alpha value is -3.33. The van der Waals surface area contributed by atoms with E-state index in [-0.39, 0.29) is 29.5 Å². The third kappa shape index (κ3) is 5.47. The zero-order valence-electron chi connectivity index (χ0n) is 17.1. The zero-order valence-corrected chi connectivity index (χ0v) is 18.7. The molecule has 0 unspecified atom stereocenters. The maximum atomic E-state index is 12.6. The lowest BCUT2D eigenvalue weighted by atomic mass is 10.2. The number of thiazole rings is 1. The summed E-state index contributed by atoms with van der Waals surface area (Å²) >= 11 is 1.46. The smallest absolute Gasteiger partial charge is 0.251 e. The molecule has 8 heteroatoms. The van der Waals surface area contributed by atoms with Gasteiger partial charge in [0.15, 0.2) is 0 Å². The van der Waals surface area contributed by atoms with Gasteiger partial charge >= 0.3 is 0 Å². The van der Waals surface area contributed by atoms with Crippen molar-refractivity contribution >= 4 is 27.3 Å². The summed E-state index contributed by atoms with van der Waals surface area (Å²) in [6.07, 6.45) is 0. The van der Waals surface area contributed by atoms with Crippen molar-refractivity contribution in [2.45, 2.75) is 18.0 Å². The first-order valence-corrected chi connectivity index (χ1v) is 12.3. The van der Waals surface area contributed by atoms with Crippen LogP contribution < -0.4 is 10.0 Å². The molecule has 4 rings (SSSR count). The van der Waals surface area contributed by atoms with Crippen LogP contribution in [0.1, 0.15) is 20.9 Å². The third-order valence-electron chi connectivity index (χ3n) is 4.74. The molecule has 0 aliphatic heterocycles. The zero-order chi connectivity index (χ0) is 22.4. The molecule has 0 spiro atoms. The summed E-state index contributed by atoms with van der Waals surface area (Å²) in [6, 6.07) is 25.0. The van der Waals surface area contributed by atoms with Gasteiger partial charge in [-0.2, -0.15) is 0 Å². The van der Waals surface area contributed by atoms with Crippen LogP contribution >= 0.6 is 11.3 Å². The molecule has 1 amide bonds. The van der Waals surface area contributed by atoms with E-state index in [1.165, 1.54) is 23.5 Å². The van der Waals surface area contributed by atoms with Crippen molar-refractivity contribution in [1.82, 2.24) is 15.0 Å². The number of carbonyl (C=O) groups excluding carboxylic acids is 1. The number of benzene rings is 3. The van der Waals surface area contributed by atoms with Crippen molar-refractivity contribution in [2.24, 2.45) is 0 Å². The lowest BCUT2D eigenvalue weighted by molar-refractivity contribution is 0.0950. The lowest BCUT2D eigenvalue weighted by Crippen LogP contribution is -2.25. The predicted octanol–water partition coefficient (Wildman–Crippen LogP) is 4.22. The van der Waals surface area contributed by atoms with Gasteiger partial charge in [0.05, 0.1) is 17.1 Å². The first kappa shape index (κ1) is 21.9. The molecular formula is C24H21N3O3S2. The quantitative estimate of drug-likeness (QED) is 0.410. The van der Waals surface area contributed by atoms with Gasteiger partial charge in [-0.3, -0.25) is 4.79 Å². The van der Waals surface area contributed by atoms with Gasteiger partial charge in [-0.05, 0) is 23.8 Å². The highest BCUT2D eigenvalue weighted by atomic mass is 32.2. The molecule has 6 nitrogen and oxygen atoms in total. The lowest BCUT2D eigenvalue weighted by Gasteiger charge is -2.09. The molecule has 32 heavy (non-hydrogen) atoms. The highest BCUT2D eigenvalue weighted by Crippen LogP contribution is 2.21. The van der Waals surface area contributed by atoms with Crippen LogP contribution in [0.5, 0.6) is 0 Å². The number of rotatable bonds is 8. The Labute approximate surface area is 191 Å². The molecular weight excluding hydrogens is 442 g/mol. The summed E-state index contributed by atoms with van der Waals surface area (Å²) < 4.78 is 27.9. The number of hydrogen-bond acceptors (Lipinski definition) is 5. The van der Waals surface area contributed by atoms with Gasteiger partial charge < -0.3 is 5.32 Å². The number of amides is 1. The number of nitrogens with zero attached hydrogens (tertiary/aromatic N) is 1. The van der Waals surface area contributed by atoms with Crippen LogP contribution in [-0.4, -0.2) is 19.3 Å². The molecule has 4 aromatic rings. The van der Waals surface area contributed by atoms with Crippen molar-refractivity contribution < 1.29 is 13.2 Å². The molecule has 162 valence electrons. The SMILES string of the molecule is O=C(NCc1nc(-c2ccccc2)cs1)c1cccc(S(=O)(=O)NCc2ccccc2)c1. The maximum Gasteiger partial charge on any atom is 0.251 e. The van der Waals surface area contributed by atoms with Crippen molar-refractivity contribution in [3.05, 3.63) is 106 Å². The topological polar surface area (TPSA) is 88.2 Å². The predicted molar refractivity (Wildman–Crippen MR) is 126 cm³/mol. The Kier molecular flexibility index (Phi) is 6.75. The minimum Gasteiger partial charge on any atom is -0.346 e. The molecule has 0 fully saturated rings. The summed E-state index contributed by atoms with van der Waals surface area (Å²) in [5, 5.41) is 5.53. The highest BCUT2D eigenvalue weighted by Gasteiger charge is 2.16. The van der Waals surface area contributed by atoms with E-state index < -0.39 is 10.0 Å². The van der Waals surface area contributed by atoms with Gasteiger partial charge in [-0.25, -0.2) is 18.1 Å². The molecule has 0 radical (unpaired) electrons. The molecule has 0 saturated heterocycles. The maximum absolute atomic E-state index is 12.6. The summed E-state index contributed by atoms with van der Waals surface area (Å²) in [5.41, 5.74) is 3.00. The van der Waals surface area contributed by atoms with Gasteiger partial charge in [-0.1, -0.05) is 66.7 Å². The van der Waals surface area contributed by atoms with Crippen LogP contribution in [-0.2, 0) is 23.1 Å². The molecule has 0 saturated carbocycles. The van der Waals surface area contributed by atoms with Crippen molar-refractivity contribution in [2.75, 3.05) is 0 Å². The average Bonchev–Trinajstić information content (AvgIpc) is 3.32. The fourth-order valence-corrected chi connectivity index (χ4v) is 4.86. The van der Waals surface area contributed by atoms with E-state index >= 15 is 0 Å². The van der Waals surface area contributed by atoms with Crippen molar-refractivity contribution in [1.29, 1.82) is 0 Å². The Morgan fingerprint density at radius 1 is 0.875 bits per heavy atom. The van der Waals surface area contributed by atoms with Crippen molar-refractivity contribution in [3.8, 4) is 11.3 Å². The van der Waals surface area contributed by atoms with Crippen LogP contribution in [0, 0.1) is 0 Å². The number of aromatic nitrogens is 1. The van der Waals surface area contributed by atoms with Crippen molar-refractivity contribution in [3.63, 3.8) is 0 Å². The fraction of sp³-hybridized carbons (Fsp3) is 0.0833. The molecule has 2 N–H and O–H groups in total. The Bertz CT molecular complexity index is 1300. The van der Waals surface area contributed by atoms with Gasteiger partial charge in [0.1, 0.15) is 5.01 Å². The van der Waals surface area contributed by atoms with E-state index in [9.17, 15) is 13.2 Å². The Morgan fingerprint density at radius 3 is 2.34 bits per heavy atom. The molecule has 1 aromatic heterocycles. The monoisotopic (exact) mass is 463 g/mol. The van der Waals surface area contributed by atoms with E-state index in [0.29, 0.717) is 0 Å². The van der Waals surface area contributed by atoms with E-state index in [1.807, 2.05) is 66.0 Å². The van der Waals surface area contributed by atoms with Gasteiger partial charge in [0.2, 0.25) is 10.0 Å². The second-order valence-electron chi connectivity index (χ2n) is 7.01. The molecule has 3 aromatic carbocycles. The van der Waals surface area contributed by atoms with Gasteiger partial charge in [0, 0.05) is 23.1 Å². The first-order chi connectivity index (χ1) is 15.5. The minimum absolute atomic E-state index is 0.0432. The van der Waals surface area contributed by atoms with Crippen LogP contribution in [0.15, 0.2) is 95.2 Å². The fourth-order valence-electron chi connectivity index (χ4n) is 3.05. The minimum atomic E-state index is -3.75. The van der Waals surface area contributed by atoms with E-state index in [0.717, 1.165) is 21.8 Å². The standard InChI is InChI=1S/C24H21N3O3S2/c28-24(25-16-23-27-22(17-31-23)19-10-5-2-6-11-19)20-12-7-13-21(14-20)32(29,30)26-15-18-8-3-1-4-9-18/h1-14,17,26H,15-16H2,(H,25,28). The van der Waals surface area contributed by atoms with Gasteiger partial charge in [-0.15, -0.1) is 11.3 Å². The molecule has 1 heterocycles. The highest BCUT2D eigenvalue weighted by molar-refractivity contribution is 7.89. The summed E-state index contributed by atoms with van der Waals surface area (Å²) in [6.45, 7) is 0.437.